The van der Waals surface area contributed by atoms with Crippen molar-refractivity contribution in [3.05, 3.63) is 64.1 Å². The van der Waals surface area contributed by atoms with Crippen LogP contribution in [0.1, 0.15) is 29.3 Å². The zero-order chi connectivity index (χ0) is 20.1. The van der Waals surface area contributed by atoms with Crippen LogP contribution in [0.3, 0.4) is 0 Å². The molecule has 0 spiro atoms. The zero-order valence-electron chi connectivity index (χ0n) is 17.0. The molecule has 150 valence electrons. The lowest BCUT2D eigenvalue weighted by Gasteiger charge is -2.38. The first kappa shape index (κ1) is 21.0. The molecule has 3 rings (SSSR count). The van der Waals surface area contributed by atoms with Gasteiger partial charge in [0.1, 0.15) is 0 Å². The van der Waals surface area contributed by atoms with Crippen molar-refractivity contribution in [3.63, 3.8) is 0 Å². The maximum absolute atomic E-state index is 13.7. The molecule has 0 radical (unpaired) electrons. The highest BCUT2D eigenvalue weighted by Crippen LogP contribution is 2.32. The van der Waals surface area contributed by atoms with Crippen LogP contribution in [0.4, 0.5) is 5.69 Å². The van der Waals surface area contributed by atoms with E-state index < -0.39 is 5.54 Å². The second-order valence-corrected chi connectivity index (χ2v) is 8.39. The Balaban J connectivity index is 1.92. The second kappa shape index (κ2) is 9.21. The van der Waals surface area contributed by atoms with E-state index in [9.17, 15) is 4.79 Å². The summed E-state index contributed by atoms with van der Waals surface area (Å²) in [6, 6.07) is 16.4. The number of morpholine rings is 1. The van der Waals surface area contributed by atoms with Crippen molar-refractivity contribution in [3.8, 4) is 0 Å². The third kappa shape index (κ3) is 4.32. The lowest BCUT2D eigenvalue weighted by Crippen LogP contribution is -2.52. The number of carbonyl (C=O) groups excluding carboxylic acids is 1. The zero-order valence-corrected chi connectivity index (χ0v) is 18.5. The summed E-state index contributed by atoms with van der Waals surface area (Å²) in [5.74, 6) is 0.157. The number of carbonyl (C=O) groups is 1. The van der Waals surface area contributed by atoms with Gasteiger partial charge in [0.25, 0.3) is 0 Å². The van der Waals surface area contributed by atoms with Crippen molar-refractivity contribution >= 4 is 27.4 Å². The van der Waals surface area contributed by atoms with Gasteiger partial charge in [-0.3, -0.25) is 9.69 Å². The van der Waals surface area contributed by atoms with Crippen molar-refractivity contribution in [2.45, 2.75) is 25.3 Å². The molecule has 2 aromatic carbocycles. The first-order chi connectivity index (χ1) is 13.5. The normalized spacial score (nSPS) is 16.8. The van der Waals surface area contributed by atoms with Gasteiger partial charge in [0, 0.05) is 28.8 Å². The van der Waals surface area contributed by atoms with Crippen LogP contribution >= 0.6 is 15.9 Å². The Hall–Kier alpha value is -1.69. The van der Waals surface area contributed by atoms with Gasteiger partial charge in [0.05, 0.1) is 18.8 Å². The van der Waals surface area contributed by atoms with Crippen molar-refractivity contribution in [1.82, 2.24) is 4.90 Å². The van der Waals surface area contributed by atoms with Gasteiger partial charge in [-0.25, -0.2) is 0 Å². The average molecular weight is 445 g/mol. The molecule has 1 aliphatic rings. The van der Waals surface area contributed by atoms with Gasteiger partial charge in [-0.2, -0.15) is 0 Å². The van der Waals surface area contributed by atoms with Gasteiger partial charge in [-0.1, -0.05) is 37.3 Å². The fraction of sp³-hybridized carbons (Fsp3) is 0.435. The first-order valence-corrected chi connectivity index (χ1v) is 10.7. The molecule has 28 heavy (non-hydrogen) atoms. The molecule has 0 aromatic heterocycles. The number of ketones is 1. The van der Waals surface area contributed by atoms with Crippen LogP contribution in [0.2, 0.25) is 0 Å². The van der Waals surface area contributed by atoms with Crippen molar-refractivity contribution < 1.29 is 9.53 Å². The molecule has 5 heteroatoms. The minimum absolute atomic E-state index is 0.157. The summed E-state index contributed by atoms with van der Waals surface area (Å²) < 4.78 is 6.30. The monoisotopic (exact) mass is 444 g/mol. The largest absolute Gasteiger partial charge is 0.378 e. The minimum atomic E-state index is -0.579. The molecule has 4 nitrogen and oxygen atoms in total. The van der Waals surface area contributed by atoms with E-state index in [1.807, 2.05) is 38.4 Å². The number of Topliss-reactive ketones (excluding diaryl/α,β-unsaturated/α-hetero) is 1. The summed E-state index contributed by atoms with van der Waals surface area (Å²) in [6.45, 7) is 5.34. The van der Waals surface area contributed by atoms with Gasteiger partial charge in [0.15, 0.2) is 5.78 Å². The Morgan fingerprint density at radius 2 is 1.82 bits per heavy atom. The van der Waals surface area contributed by atoms with Crippen LogP contribution in [0.15, 0.2) is 53.0 Å². The summed E-state index contributed by atoms with van der Waals surface area (Å²) in [7, 11) is 4.00. The average Bonchev–Trinajstić information content (AvgIpc) is 2.72. The van der Waals surface area contributed by atoms with Gasteiger partial charge in [0.2, 0.25) is 0 Å². The third-order valence-corrected chi connectivity index (χ3v) is 6.43. The maximum atomic E-state index is 13.7. The predicted octanol–water partition coefficient (Wildman–Crippen LogP) is 4.42. The molecule has 1 atom stereocenters. The topological polar surface area (TPSA) is 32.8 Å². The number of halogens is 1. The molecule has 1 saturated heterocycles. The Morgan fingerprint density at radius 1 is 1.14 bits per heavy atom. The van der Waals surface area contributed by atoms with Gasteiger partial charge in [-0.05, 0) is 66.6 Å². The van der Waals surface area contributed by atoms with Crippen LogP contribution in [-0.4, -0.2) is 56.6 Å². The Labute approximate surface area is 176 Å². The summed E-state index contributed by atoms with van der Waals surface area (Å²) >= 11 is 3.67. The quantitative estimate of drug-likeness (QED) is 0.591. The smallest absolute Gasteiger partial charge is 0.184 e. The fourth-order valence-electron chi connectivity index (χ4n) is 3.93. The molecule has 0 aliphatic carbocycles. The van der Waals surface area contributed by atoms with Gasteiger partial charge in [-0.15, -0.1) is 0 Å². The summed E-state index contributed by atoms with van der Waals surface area (Å²) in [4.78, 5) is 18.1. The molecular weight excluding hydrogens is 416 g/mol. The van der Waals surface area contributed by atoms with E-state index in [0.717, 1.165) is 48.4 Å². The number of hydrogen-bond acceptors (Lipinski definition) is 4. The van der Waals surface area contributed by atoms with E-state index >= 15 is 0 Å². The third-order valence-electron chi connectivity index (χ3n) is 5.78. The lowest BCUT2D eigenvalue weighted by atomic mass is 9.80. The molecule has 2 aromatic rings. The van der Waals surface area contributed by atoms with Crippen LogP contribution in [0.25, 0.3) is 0 Å². The number of hydrogen-bond donors (Lipinski definition) is 0. The number of likely N-dealkylation sites (N-methyl/N-ethyl adjacent to an activating group) is 1. The molecular formula is C23H29BrN2O2. The highest BCUT2D eigenvalue weighted by molar-refractivity contribution is 9.10. The molecule has 0 saturated carbocycles. The predicted molar refractivity (Wildman–Crippen MR) is 118 cm³/mol. The highest BCUT2D eigenvalue weighted by Gasteiger charge is 2.40. The van der Waals surface area contributed by atoms with Crippen LogP contribution in [-0.2, 0) is 11.2 Å². The molecule has 1 aliphatic heterocycles. The van der Waals surface area contributed by atoms with E-state index in [0.29, 0.717) is 6.42 Å². The molecule has 0 amide bonds. The summed E-state index contributed by atoms with van der Waals surface area (Å²) in [5.41, 5.74) is 2.46. The fourth-order valence-corrected chi connectivity index (χ4v) is 4.48. The SMILES string of the molecule is CCC(Cc1ccccc1)(C(=O)c1ccc(N2CCOCC2)cc1Br)N(C)C. The van der Waals surface area contributed by atoms with Crippen LogP contribution in [0.5, 0.6) is 0 Å². The molecule has 0 N–H and O–H groups in total. The molecule has 1 unspecified atom stereocenters. The Kier molecular flexibility index (Phi) is 6.91. The molecule has 0 bridgehead atoms. The lowest BCUT2D eigenvalue weighted by molar-refractivity contribution is 0.0665. The van der Waals surface area contributed by atoms with Crippen LogP contribution < -0.4 is 4.90 Å². The van der Waals surface area contributed by atoms with Crippen molar-refractivity contribution in [1.29, 1.82) is 0 Å². The number of benzene rings is 2. The number of anilines is 1. The van der Waals surface area contributed by atoms with E-state index in [2.05, 4.69) is 56.9 Å². The molecule has 1 heterocycles. The van der Waals surface area contributed by atoms with E-state index in [4.69, 9.17) is 4.74 Å². The highest BCUT2D eigenvalue weighted by atomic mass is 79.9. The van der Waals surface area contributed by atoms with Crippen molar-refractivity contribution in [2.24, 2.45) is 0 Å². The van der Waals surface area contributed by atoms with E-state index in [1.165, 1.54) is 5.56 Å². The first-order valence-electron chi connectivity index (χ1n) is 9.86. The number of nitrogens with zero attached hydrogens (tertiary/aromatic N) is 2. The second-order valence-electron chi connectivity index (χ2n) is 7.53. The van der Waals surface area contributed by atoms with E-state index in [1.54, 1.807) is 0 Å². The Morgan fingerprint density at radius 3 is 2.39 bits per heavy atom. The van der Waals surface area contributed by atoms with Crippen LogP contribution in [0, 0.1) is 0 Å². The van der Waals surface area contributed by atoms with Crippen molar-refractivity contribution in [2.75, 3.05) is 45.3 Å². The van der Waals surface area contributed by atoms with E-state index in [-0.39, 0.29) is 5.78 Å². The standard InChI is InChI=1S/C23H29BrN2O2/c1-4-23(25(2)3,17-18-8-6-5-7-9-18)22(27)20-11-10-19(16-21(20)24)26-12-14-28-15-13-26/h5-11,16H,4,12-15,17H2,1-3H3. The van der Waals surface area contributed by atoms with Gasteiger partial charge < -0.3 is 9.64 Å². The molecule has 1 fully saturated rings. The number of rotatable bonds is 7. The number of ether oxygens (including phenoxy) is 1. The van der Waals surface area contributed by atoms with Gasteiger partial charge >= 0.3 is 0 Å². The summed E-state index contributed by atoms with van der Waals surface area (Å²) in [6.07, 6.45) is 1.43. The Bertz CT molecular complexity index is 804. The maximum Gasteiger partial charge on any atom is 0.184 e. The minimum Gasteiger partial charge on any atom is -0.378 e. The summed E-state index contributed by atoms with van der Waals surface area (Å²) in [5, 5.41) is 0.